The SMILES string of the molecule is Cn1cncc1C(=O)N1CCC(Oc2nccnc2N2CCOCC2)C1. The summed E-state index contributed by atoms with van der Waals surface area (Å²) in [5, 5.41) is 0. The maximum Gasteiger partial charge on any atom is 0.272 e. The second-order valence-electron chi connectivity index (χ2n) is 6.45. The van der Waals surface area contributed by atoms with Crippen LogP contribution >= 0.6 is 0 Å². The summed E-state index contributed by atoms with van der Waals surface area (Å²) in [7, 11) is 1.82. The lowest BCUT2D eigenvalue weighted by atomic mass is 10.3. The molecule has 2 aliphatic heterocycles. The molecule has 2 aromatic rings. The molecule has 1 amide bonds. The molecule has 2 saturated heterocycles. The van der Waals surface area contributed by atoms with Crippen molar-refractivity contribution in [1.29, 1.82) is 0 Å². The van der Waals surface area contributed by atoms with E-state index in [0.717, 1.165) is 25.3 Å². The molecule has 2 aromatic heterocycles. The van der Waals surface area contributed by atoms with Crippen molar-refractivity contribution >= 4 is 11.7 Å². The van der Waals surface area contributed by atoms with Gasteiger partial charge in [-0.3, -0.25) is 4.79 Å². The lowest BCUT2D eigenvalue weighted by Crippen LogP contribution is -2.37. The number of aryl methyl sites for hydroxylation is 1. The van der Waals surface area contributed by atoms with E-state index in [0.29, 0.717) is 37.9 Å². The minimum Gasteiger partial charge on any atom is -0.470 e. The summed E-state index contributed by atoms with van der Waals surface area (Å²) in [6.45, 7) is 4.07. The molecular weight excluding hydrogens is 336 g/mol. The first-order chi connectivity index (χ1) is 12.7. The van der Waals surface area contributed by atoms with Gasteiger partial charge in [-0.2, -0.15) is 0 Å². The Morgan fingerprint density at radius 3 is 2.81 bits per heavy atom. The monoisotopic (exact) mass is 358 g/mol. The number of carbonyl (C=O) groups is 1. The number of hydrogen-bond donors (Lipinski definition) is 0. The number of rotatable bonds is 4. The molecule has 4 heterocycles. The highest BCUT2D eigenvalue weighted by molar-refractivity contribution is 5.92. The van der Waals surface area contributed by atoms with Gasteiger partial charge in [0, 0.05) is 45.5 Å². The molecule has 138 valence electrons. The summed E-state index contributed by atoms with van der Waals surface area (Å²) < 4.78 is 13.2. The molecule has 4 rings (SSSR count). The minimum absolute atomic E-state index is 0.0244. The quantitative estimate of drug-likeness (QED) is 0.779. The summed E-state index contributed by atoms with van der Waals surface area (Å²) in [5.41, 5.74) is 0.583. The summed E-state index contributed by atoms with van der Waals surface area (Å²) in [6.07, 6.45) is 7.20. The average Bonchev–Trinajstić information content (AvgIpc) is 3.31. The third-order valence-corrected chi connectivity index (χ3v) is 4.70. The van der Waals surface area contributed by atoms with Crippen LogP contribution in [0.2, 0.25) is 0 Å². The largest absolute Gasteiger partial charge is 0.470 e. The molecule has 0 radical (unpaired) electrons. The van der Waals surface area contributed by atoms with Crippen molar-refractivity contribution in [2.45, 2.75) is 12.5 Å². The number of carbonyl (C=O) groups excluding carboxylic acids is 1. The first-order valence-corrected chi connectivity index (χ1v) is 8.78. The van der Waals surface area contributed by atoms with E-state index in [2.05, 4.69) is 19.9 Å². The Balaban J connectivity index is 1.43. The standard InChI is InChI=1S/C17H22N6O3/c1-21-12-18-10-14(21)17(24)23-5-2-13(11-23)26-16-15(19-3-4-20-16)22-6-8-25-9-7-22/h3-4,10,12-13H,2,5-9,11H2,1H3. The number of amides is 1. The van der Waals surface area contributed by atoms with Gasteiger partial charge in [0.2, 0.25) is 0 Å². The lowest BCUT2D eigenvalue weighted by molar-refractivity contribution is 0.0761. The zero-order valence-electron chi connectivity index (χ0n) is 14.7. The van der Waals surface area contributed by atoms with Gasteiger partial charge in [-0.25, -0.2) is 15.0 Å². The van der Waals surface area contributed by atoms with E-state index in [1.165, 1.54) is 0 Å². The van der Waals surface area contributed by atoms with Gasteiger partial charge < -0.3 is 23.8 Å². The van der Waals surface area contributed by atoms with E-state index in [1.807, 2.05) is 7.05 Å². The highest BCUT2D eigenvalue weighted by atomic mass is 16.5. The van der Waals surface area contributed by atoms with Crippen LogP contribution in [0, 0.1) is 0 Å². The summed E-state index contributed by atoms with van der Waals surface area (Å²) in [6, 6.07) is 0. The highest BCUT2D eigenvalue weighted by Crippen LogP contribution is 2.26. The Morgan fingerprint density at radius 2 is 2.04 bits per heavy atom. The van der Waals surface area contributed by atoms with E-state index >= 15 is 0 Å². The van der Waals surface area contributed by atoms with Crippen LogP contribution in [-0.4, -0.2) is 75.8 Å². The van der Waals surface area contributed by atoms with Gasteiger partial charge >= 0.3 is 0 Å². The fourth-order valence-electron chi connectivity index (χ4n) is 3.29. The molecule has 0 aromatic carbocycles. The smallest absolute Gasteiger partial charge is 0.272 e. The Morgan fingerprint density at radius 1 is 1.23 bits per heavy atom. The van der Waals surface area contributed by atoms with Crippen LogP contribution in [0.3, 0.4) is 0 Å². The number of anilines is 1. The van der Waals surface area contributed by atoms with Gasteiger partial charge in [-0.1, -0.05) is 0 Å². The number of imidazole rings is 1. The fourth-order valence-corrected chi connectivity index (χ4v) is 3.29. The van der Waals surface area contributed by atoms with E-state index in [1.54, 1.807) is 34.4 Å². The van der Waals surface area contributed by atoms with Crippen molar-refractivity contribution in [3.63, 3.8) is 0 Å². The summed E-state index contributed by atoms with van der Waals surface area (Å²) in [4.78, 5) is 29.3. The average molecular weight is 358 g/mol. The van der Waals surface area contributed by atoms with Crippen molar-refractivity contribution in [3.05, 3.63) is 30.6 Å². The lowest BCUT2D eigenvalue weighted by Gasteiger charge is -2.29. The molecule has 9 heteroatoms. The molecular formula is C17H22N6O3. The predicted molar refractivity (Wildman–Crippen MR) is 93.2 cm³/mol. The first-order valence-electron chi connectivity index (χ1n) is 8.78. The Bertz CT molecular complexity index is 773. The van der Waals surface area contributed by atoms with Crippen molar-refractivity contribution < 1.29 is 14.3 Å². The van der Waals surface area contributed by atoms with Crippen molar-refractivity contribution in [1.82, 2.24) is 24.4 Å². The molecule has 0 spiro atoms. The van der Waals surface area contributed by atoms with E-state index in [9.17, 15) is 4.79 Å². The minimum atomic E-state index is -0.0938. The van der Waals surface area contributed by atoms with Gasteiger partial charge in [0.15, 0.2) is 5.82 Å². The van der Waals surface area contributed by atoms with E-state index in [4.69, 9.17) is 9.47 Å². The molecule has 1 atom stereocenters. The molecule has 0 aliphatic carbocycles. The number of morpholine rings is 1. The maximum atomic E-state index is 12.6. The van der Waals surface area contributed by atoms with Crippen LogP contribution in [0.4, 0.5) is 5.82 Å². The maximum absolute atomic E-state index is 12.6. The van der Waals surface area contributed by atoms with E-state index in [-0.39, 0.29) is 12.0 Å². The summed E-state index contributed by atoms with van der Waals surface area (Å²) >= 11 is 0. The Kier molecular flexibility index (Phi) is 4.70. The second-order valence-corrected chi connectivity index (χ2v) is 6.45. The van der Waals surface area contributed by atoms with Crippen LogP contribution < -0.4 is 9.64 Å². The van der Waals surface area contributed by atoms with Gasteiger partial charge in [0.25, 0.3) is 11.8 Å². The van der Waals surface area contributed by atoms with Gasteiger partial charge in [-0.15, -0.1) is 0 Å². The fraction of sp³-hybridized carbons (Fsp3) is 0.529. The molecule has 2 fully saturated rings. The van der Waals surface area contributed by atoms with Crippen LogP contribution in [0.25, 0.3) is 0 Å². The molecule has 0 bridgehead atoms. The molecule has 1 unspecified atom stereocenters. The molecule has 0 N–H and O–H groups in total. The number of nitrogens with zero attached hydrogens (tertiary/aromatic N) is 6. The van der Waals surface area contributed by atoms with E-state index < -0.39 is 0 Å². The van der Waals surface area contributed by atoms with Crippen LogP contribution in [-0.2, 0) is 11.8 Å². The van der Waals surface area contributed by atoms with Gasteiger partial charge in [0.1, 0.15) is 11.8 Å². The van der Waals surface area contributed by atoms with Gasteiger partial charge in [0.05, 0.1) is 32.3 Å². The number of hydrogen-bond acceptors (Lipinski definition) is 7. The van der Waals surface area contributed by atoms with Crippen LogP contribution in [0.15, 0.2) is 24.9 Å². The molecule has 2 aliphatic rings. The topological polar surface area (TPSA) is 85.6 Å². The third kappa shape index (κ3) is 3.34. The van der Waals surface area contributed by atoms with Gasteiger partial charge in [-0.05, 0) is 0 Å². The van der Waals surface area contributed by atoms with Crippen LogP contribution in [0.5, 0.6) is 5.88 Å². The Labute approximate surface area is 151 Å². The number of likely N-dealkylation sites (tertiary alicyclic amines) is 1. The predicted octanol–water partition coefficient (Wildman–Crippen LogP) is 0.340. The molecule has 9 nitrogen and oxygen atoms in total. The first kappa shape index (κ1) is 16.8. The zero-order valence-corrected chi connectivity index (χ0v) is 14.7. The van der Waals surface area contributed by atoms with Crippen LogP contribution in [0.1, 0.15) is 16.9 Å². The normalized spacial score (nSPS) is 20.4. The number of ether oxygens (including phenoxy) is 2. The second kappa shape index (κ2) is 7.28. The van der Waals surface area contributed by atoms with Crippen molar-refractivity contribution in [2.24, 2.45) is 7.05 Å². The third-order valence-electron chi connectivity index (χ3n) is 4.70. The highest BCUT2D eigenvalue weighted by Gasteiger charge is 2.31. The molecule has 0 saturated carbocycles. The molecule has 26 heavy (non-hydrogen) atoms. The zero-order chi connectivity index (χ0) is 17.9. The van der Waals surface area contributed by atoms with Crippen molar-refractivity contribution in [3.8, 4) is 5.88 Å². The van der Waals surface area contributed by atoms with Crippen molar-refractivity contribution in [2.75, 3.05) is 44.3 Å². The summed E-state index contributed by atoms with van der Waals surface area (Å²) in [5.74, 6) is 1.24. The number of aromatic nitrogens is 4. The Hall–Kier alpha value is -2.68.